The van der Waals surface area contributed by atoms with Crippen molar-refractivity contribution in [3.63, 3.8) is 0 Å². The lowest BCUT2D eigenvalue weighted by Gasteiger charge is -2.18. The Morgan fingerprint density at radius 1 is 1.37 bits per heavy atom. The third-order valence-electron chi connectivity index (χ3n) is 3.55. The monoisotopic (exact) mass is 257 g/mol. The molecule has 0 aromatic carbocycles. The van der Waals surface area contributed by atoms with Gasteiger partial charge in [-0.15, -0.1) is 0 Å². The normalized spacial score (nSPS) is 19.2. The van der Waals surface area contributed by atoms with E-state index in [1.54, 1.807) is 0 Å². The van der Waals surface area contributed by atoms with Gasteiger partial charge in [-0.3, -0.25) is 0 Å². The highest BCUT2D eigenvalue weighted by Crippen LogP contribution is 2.26. The van der Waals surface area contributed by atoms with Gasteiger partial charge >= 0.3 is 0 Å². The molecule has 1 aromatic heterocycles. The van der Waals surface area contributed by atoms with Crippen LogP contribution in [0.1, 0.15) is 56.3 Å². The third-order valence-corrected chi connectivity index (χ3v) is 3.55. The second-order valence-electron chi connectivity index (χ2n) is 5.18. The van der Waals surface area contributed by atoms with Crippen LogP contribution in [0.15, 0.2) is 36.6 Å². The van der Waals surface area contributed by atoms with Crippen molar-refractivity contribution in [1.82, 2.24) is 10.3 Å². The third kappa shape index (κ3) is 3.60. The van der Waals surface area contributed by atoms with E-state index < -0.39 is 0 Å². The van der Waals surface area contributed by atoms with Gasteiger partial charge in [-0.25, -0.2) is 4.98 Å². The van der Waals surface area contributed by atoms with Gasteiger partial charge in [0.1, 0.15) is 5.82 Å². The van der Waals surface area contributed by atoms with Gasteiger partial charge in [-0.1, -0.05) is 38.8 Å². The van der Waals surface area contributed by atoms with Gasteiger partial charge in [0.05, 0.1) is 11.7 Å². The van der Waals surface area contributed by atoms with Crippen LogP contribution in [0.4, 0.5) is 5.82 Å². The van der Waals surface area contributed by atoms with Crippen molar-refractivity contribution < 1.29 is 0 Å². The summed E-state index contributed by atoms with van der Waals surface area (Å²) in [5.41, 5.74) is 8.24. The number of rotatable bonds is 5. The Balaban J connectivity index is 2.19. The molecule has 0 fully saturated rings. The summed E-state index contributed by atoms with van der Waals surface area (Å²) in [6, 6.07) is 4.31. The standard InChI is InChI=1S/C16H23N3/c1-3-4-7-12(2)13-10-15(19-16(17)11-13)14-8-5-6-9-18-14/h5-6,8-12,14,18H,3-4,7H2,1-2H3,(H2,17,19). The molecule has 0 amide bonds. The van der Waals surface area contributed by atoms with Crippen molar-refractivity contribution in [2.45, 2.75) is 45.1 Å². The zero-order valence-electron chi connectivity index (χ0n) is 11.8. The minimum absolute atomic E-state index is 0.130. The second-order valence-corrected chi connectivity index (χ2v) is 5.18. The molecular formula is C16H23N3. The molecule has 3 nitrogen and oxygen atoms in total. The van der Waals surface area contributed by atoms with E-state index in [1.807, 2.05) is 24.4 Å². The highest BCUT2D eigenvalue weighted by atomic mass is 14.9. The highest BCUT2D eigenvalue weighted by Gasteiger charge is 2.13. The summed E-state index contributed by atoms with van der Waals surface area (Å²) in [6.07, 6.45) is 11.7. The van der Waals surface area contributed by atoms with Gasteiger partial charge in [0.25, 0.3) is 0 Å². The maximum absolute atomic E-state index is 5.95. The molecule has 2 rings (SSSR count). The second kappa shape index (κ2) is 6.41. The largest absolute Gasteiger partial charge is 0.384 e. The first-order valence-electron chi connectivity index (χ1n) is 7.07. The number of hydrogen-bond donors (Lipinski definition) is 2. The molecule has 2 unspecified atom stereocenters. The molecule has 19 heavy (non-hydrogen) atoms. The van der Waals surface area contributed by atoms with Crippen LogP contribution in [-0.4, -0.2) is 4.98 Å². The molecule has 0 saturated heterocycles. The number of nitrogen functional groups attached to an aromatic ring is 1. The fraction of sp³-hybridized carbons (Fsp3) is 0.438. The van der Waals surface area contributed by atoms with Gasteiger partial charge in [0.2, 0.25) is 0 Å². The van der Waals surface area contributed by atoms with Gasteiger partial charge in [-0.2, -0.15) is 0 Å². The highest BCUT2D eigenvalue weighted by molar-refractivity contribution is 5.39. The minimum atomic E-state index is 0.130. The Kier molecular flexibility index (Phi) is 4.61. The van der Waals surface area contributed by atoms with E-state index in [9.17, 15) is 0 Å². The molecule has 102 valence electrons. The first kappa shape index (κ1) is 13.7. The van der Waals surface area contributed by atoms with Gasteiger partial charge < -0.3 is 11.1 Å². The number of aromatic nitrogens is 1. The summed E-state index contributed by atoms with van der Waals surface area (Å²) >= 11 is 0. The number of allylic oxidation sites excluding steroid dienone is 2. The van der Waals surface area contributed by atoms with Crippen LogP contribution < -0.4 is 11.1 Å². The lowest BCUT2D eigenvalue weighted by Crippen LogP contribution is -2.17. The van der Waals surface area contributed by atoms with E-state index in [2.05, 4.69) is 36.3 Å². The Morgan fingerprint density at radius 2 is 2.21 bits per heavy atom. The van der Waals surface area contributed by atoms with Gasteiger partial charge in [-0.05, 0) is 42.3 Å². The first-order valence-corrected chi connectivity index (χ1v) is 7.07. The summed E-state index contributed by atoms with van der Waals surface area (Å²) in [5, 5.41) is 3.29. The maximum Gasteiger partial charge on any atom is 0.124 e. The van der Waals surface area contributed by atoms with Crippen molar-refractivity contribution >= 4 is 5.82 Å². The molecule has 0 saturated carbocycles. The Labute approximate surface area is 115 Å². The predicted molar refractivity (Wildman–Crippen MR) is 80.7 cm³/mol. The summed E-state index contributed by atoms with van der Waals surface area (Å²) < 4.78 is 0. The van der Waals surface area contributed by atoms with E-state index in [-0.39, 0.29) is 6.04 Å². The molecule has 0 spiro atoms. The number of pyridine rings is 1. The number of anilines is 1. The number of hydrogen-bond acceptors (Lipinski definition) is 3. The molecular weight excluding hydrogens is 234 g/mol. The number of unbranched alkanes of at least 4 members (excludes halogenated alkanes) is 1. The summed E-state index contributed by atoms with van der Waals surface area (Å²) in [4.78, 5) is 4.45. The Morgan fingerprint density at radius 3 is 2.89 bits per heavy atom. The minimum Gasteiger partial charge on any atom is -0.384 e. The van der Waals surface area contributed by atoms with Crippen LogP contribution >= 0.6 is 0 Å². The topological polar surface area (TPSA) is 50.9 Å². The molecule has 0 aliphatic carbocycles. The average molecular weight is 257 g/mol. The zero-order valence-corrected chi connectivity index (χ0v) is 11.8. The van der Waals surface area contributed by atoms with Crippen molar-refractivity contribution in [2.24, 2.45) is 0 Å². The predicted octanol–water partition coefficient (Wildman–Crippen LogP) is 3.67. The fourth-order valence-electron chi connectivity index (χ4n) is 2.35. The van der Waals surface area contributed by atoms with Gasteiger partial charge in [0, 0.05) is 0 Å². The summed E-state index contributed by atoms with van der Waals surface area (Å²) in [5.74, 6) is 1.15. The SMILES string of the molecule is CCCCC(C)c1cc(N)nc(C2C=CC=CN2)c1. The van der Waals surface area contributed by atoms with Crippen molar-refractivity contribution in [2.75, 3.05) is 5.73 Å². The molecule has 1 aromatic rings. The molecule has 0 bridgehead atoms. The zero-order chi connectivity index (χ0) is 13.7. The number of nitrogens with one attached hydrogen (secondary N) is 1. The van der Waals surface area contributed by atoms with Crippen molar-refractivity contribution in [3.8, 4) is 0 Å². The van der Waals surface area contributed by atoms with Crippen LogP contribution in [0.2, 0.25) is 0 Å². The maximum atomic E-state index is 5.95. The smallest absolute Gasteiger partial charge is 0.124 e. The van der Waals surface area contributed by atoms with Crippen molar-refractivity contribution in [1.29, 1.82) is 0 Å². The van der Waals surface area contributed by atoms with E-state index in [4.69, 9.17) is 5.73 Å². The molecule has 3 N–H and O–H groups in total. The molecule has 1 aliphatic rings. The van der Waals surface area contributed by atoms with Gasteiger partial charge in [0.15, 0.2) is 0 Å². The molecule has 1 aliphatic heterocycles. The molecule has 3 heteroatoms. The lowest BCUT2D eigenvalue weighted by atomic mass is 9.94. The average Bonchev–Trinajstić information content (AvgIpc) is 2.45. The Bertz CT molecular complexity index is 477. The van der Waals surface area contributed by atoms with Crippen molar-refractivity contribution in [3.05, 3.63) is 47.8 Å². The first-order chi connectivity index (χ1) is 9.20. The lowest BCUT2D eigenvalue weighted by molar-refractivity contribution is 0.621. The number of dihydropyridines is 1. The molecule has 2 atom stereocenters. The molecule has 0 radical (unpaired) electrons. The quantitative estimate of drug-likeness (QED) is 0.846. The van der Waals surface area contributed by atoms with E-state index >= 15 is 0 Å². The van der Waals surface area contributed by atoms with E-state index in [0.717, 1.165) is 5.69 Å². The Hall–Kier alpha value is -1.77. The van der Waals surface area contributed by atoms with E-state index in [0.29, 0.717) is 11.7 Å². The summed E-state index contributed by atoms with van der Waals surface area (Å²) in [6.45, 7) is 4.49. The fourth-order valence-corrected chi connectivity index (χ4v) is 2.35. The summed E-state index contributed by atoms with van der Waals surface area (Å²) in [7, 11) is 0. The number of nitrogens with zero attached hydrogens (tertiary/aromatic N) is 1. The molecule has 2 heterocycles. The number of nitrogens with two attached hydrogens (primary N) is 1. The van der Waals surface area contributed by atoms with Crippen LogP contribution in [0.3, 0.4) is 0 Å². The van der Waals surface area contributed by atoms with Crippen LogP contribution in [0.5, 0.6) is 0 Å². The van der Waals surface area contributed by atoms with E-state index in [1.165, 1.54) is 24.8 Å². The van der Waals surface area contributed by atoms with Crippen LogP contribution in [0, 0.1) is 0 Å². The van der Waals surface area contributed by atoms with Crippen LogP contribution in [-0.2, 0) is 0 Å². The van der Waals surface area contributed by atoms with Crippen LogP contribution in [0.25, 0.3) is 0 Å².